The molecule has 5 fully saturated rings. The van der Waals surface area contributed by atoms with Crippen molar-refractivity contribution < 1.29 is 81.4 Å². The number of rotatable bonds is 20. The number of Topliss-reactive ketones (excluding diaryl/α,β-unsaturated/α-hetero) is 3. The average molecular weight is 1750 g/mol. The summed E-state index contributed by atoms with van der Waals surface area (Å²) in [5.41, 5.74) is 17.7. The summed E-state index contributed by atoms with van der Waals surface area (Å²) in [5, 5.41) is 34.8. The number of carbonyl (C=O) groups is 8. The summed E-state index contributed by atoms with van der Waals surface area (Å²) >= 11 is 0. The highest BCUT2D eigenvalue weighted by atomic mass is 16.6. The van der Waals surface area contributed by atoms with Crippen molar-refractivity contribution in [1.29, 1.82) is 0 Å². The molecule has 37 heteroatoms. The van der Waals surface area contributed by atoms with Crippen molar-refractivity contribution in [3.05, 3.63) is 126 Å². The van der Waals surface area contributed by atoms with E-state index in [0.29, 0.717) is 210 Å². The summed E-state index contributed by atoms with van der Waals surface area (Å²) in [4.78, 5) is 162. The molecule has 0 unspecified atom stereocenters. The lowest BCUT2D eigenvalue weighted by Gasteiger charge is -2.40. The molecule has 4 amide bonds. The van der Waals surface area contributed by atoms with E-state index in [-0.39, 0.29) is 80.0 Å². The maximum Gasteiger partial charge on any atom is 0.407 e. The smallest absolute Gasteiger partial charge is 0.407 e. The number of allylic oxidation sites excluding steroid dienone is 6. The number of nitrogen functional groups attached to an aromatic ring is 2. The number of aromatic nitrogens is 11. The molecule has 680 valence electrons. The van der Waals surface area contributed by atoms with Crippen molar-refractivity contribution in [3.63, 3.8) is 0 Å². The molecule has 0 spiro atoms. The molecule has 127 heavy (non-hydrogen) atoms. The predicted octanol–water partition coefficient (Wildman–Crippen LogP) is 7.85. The molecule has 11 heterocycles. The number of nitrogens with one attached hydrogen (secondary N) is 2. The number of fused-ring (bicyclic) bond motifs is 5. The predicted molar refractivity (Wildman–Crippen MR) is 469 cm³/mol. The van der Waals surface area contributed by atoms with Gasteiger partial charge in [-0.3, -0.25) is 28.8 Å². The molecule has 1 aliphatic carbocycles. The first kappa shape index (κ1) is 93.0. The molecule has 4 saturated heterocycles. The number of esters is 1. The van der Waals surface area contributed by atoms with E-state index in [4.69, 9.17) is 49.4 Å². The number of aryl methyl sites for hydroxylation is 1. The third kappa shape index (κ3) is 23.0. The van der Waals surface area contributed by atoms with E-state index in [9.17, 15) is 48.6 Å². The molecule has 37 nitrogen and oxygen atoms in total. The van der Waals surface area contributed by atoms with Crippen LogP contribution in [-0.4, -0.2) is 263 Å². The van der Waals surface area contributed by atoms with Gasteiger partial charge in [0.1, 0.15) is 59.6 Å². The SMILES string of the molecule is CO[C@H]1C[C@@H]2CCC[C@@](O)(O2)C(=O)C(=O)N2CCCC[C@H]2C(=O)O[C@H]([C@H](C)C[C@@H]2CC[C@@H](OC(=O)NCc3cnc(N4CCN(c5ncc(C(=O)N6CCN(c7ncc(C(=O)NCCCCn8nc(-c9ccc%10oc(N)nc%10c9)c9c(N)ncnc98)cn7)CC6)cn5)CC4)nc3)[C@H](OC)C2)CC(=O)[C@H](C)/C=C(\C)[C@@H](O)[C@@H](OC)C(=O)[C@H](C)C[C@H](C)/C=C/C=C/C=C/1C. The van der Waals surface area contributed by atoms with Crippen LogP contribution in [0.3, 0.4) is 0 Å². The highest BCUT2D eigenvalue weighted by Crippen LogP contribution is 2.39. The average Bonchev–Trinajstić information content (AvgIpc) is 1.60. The lowest BCUT2D eigenvalue weighted by Crippen LogP contribution is -2.58. The zero-order chi connectivity index (χ0) is 90.2. The summed E-state index contributed by atoms with van der Waals surface area (Å²) in [7, 11) is 4.48. The normalized spacial score (nSPS) is 27.2. The number of anilines is 5. The van der Waals surface area contributed by atoms with Crippen molar-refractivity contribution in [2.24, 2.45) is 29.6 Å². The van der Waals surface area contributed by atoms with Crippen LogP contribution < -0.4 is 36.8 Å². The Morgan fingerprint density at radius 3 is 2.09 bits per heavy atom. The minimum absolute atomic E-state index is 0.0243. The second-order valence-electron chi connectivity index (χ2n) is 34.2. The van der Waals surface area contributed by atoms with Gasteiger partial charge in [-0.05, 0) is 138 Å². The highest BCUT2D eigenvalue weighted by molar-refractivity contribution is 6.39. The van der Waals surface area contributed by atoms with Crippen molar-refractivity contribution >= 4 is 98.9 Å². The fourth-order valence-corrected chi connectivity index (χ4v) is 17.8. The Balaban J connectivity index is 0.548. The fraction of sp³-hybridized carbons (Fsp3) is 0.556. The Labute approximate surface area is 737 Å². The number of ether oxygens (including phenoxy) is 6. The fourth-order valence-electron chi connectivity index (χ4n) is 17.8. The van der Waals surface area contributed by atoms with E-state index in [0.717, 1.165) is 16.0 Å². The minimum Gasteiger partial charge on any atom is -0.460 e. The Hall–Kier alpha value is -11.6. The quantitative estimate of drug-likeness (QED) is 0.0183. The molecule has 13 rings (SSSR count). The molecule has 1 saturated carbocycles. The van der Waals surface area contributed by atoms with Gasteiger partial charge in [-0.15, -0.1) is 0 Å². The number of hydrogen-bond acceptors (Lipinski definition) is 32. The van der Waals surface area contributed by atoms with Gasteiger partial charge in [-0.1, -0.05) is 64.2 Å². The molecule has 6 aliphatic rings. The highest BCUT2D eigenvalue weighted by Gasteiger charge is 2.50. The molecule has 7 aromatic rings. The van der Waals surface area contributed by atoms with Crippen LogP contribution in [0.5, 0.6) is 0 Å². The molecule has 1 aromatic carbocycles. The number of alkyl carbamates (subject to hydrolysis) is 1. The van der Waals surface area contributed by atoms with Crippen LogP contribution in [0.1, 0.15) is 164 Å². The molecular weight excluding hydrogens is 1630 g/mol. The van der Waals surface area contributed by atoms with Crippen LogP contribution in [0.4, 0.5) is 34.5 Å². The number of aliphatic hydroxyl groups is 2. The van der Waals surface area contributed by atoms with Gasteiger partial charge in [-0.25, -0.2) is 54.1 Å². The standard InChI is InChI=1S/C90H118N20O17/c1-53-18-11-10-12-19-54(2)70(121-7)43-64-20-17-26-90(120,127-64)78(114)83(117)109-28-15-13-21-66(109)84(118)124-71(44-67(111)55(3)39-58(6)76(113)77(123-9)75(112)57(5)38-53)56(4)40-59-22-24-69(72(41-59)122-8)126-89(119)100-47-60-45-94-86(95-46-60)107-34-36-108(37-35-107)88-98-50-63(51-99-88)82(116)105-30-32-106(33-31-105)87-96-48-62(49-97-87)81(115)93-27-14-16-29-110-80-73(79(91)101-52-102-80)74(104-110)61-23-25-68-65(42-61)103-85(92)125-68/h10-12,18-19,23,25,39,42,45-46,48-53,55-57,59,64,66,69-72,76-77,113,120H,13-17,20-22,24,26-38,40-41,43-44,47H2,1-9H3,(H2,92,103)(H,93,115)(H,100,119)(H2,91,101,102)/b12-10+,18-11+,54-19+,58-39+/t53-,55-,56-,57-,59+,64+,66+,69-,70+,71+,72-,76-,77+,90-/m1/s1. The van der Waals surface area contributed by atoms with Gasteiger partial charge in [0.15, 0.2) is 17.0 Å². The number of amides is 4. The summed E-state index contributed by atoms with van der Waals surface area (Å²) < 4.78 is 43.2. The number of unbranched alkanes of at least 4 members (excludes halogenated alkanes) is 1. The number of ketones is 3. The number of hydrogen-bond donors (Lipinski definition) is 6. The number of carbonyl (C=O) groups excluding carboxylic acids is 8. The van der Waals surface area contributed by atoms with Crippen molar-refractivity contribution in [3.8, 4) is 11.3 Å². The summed E-state index contributed by atoms with van der Waals surface area (Å²) in [6.07, 6.45) is 21.1. The number of aliphatic hydroxyl groups excluding tert-OH is 1. The number of methoxy groups -OCH3 is 3. The molecule has 0 radical (unpaired) electrons. The zero-order valence-corrected chi connectivity index (χ0v) is 73.7. The molecule has 14 atom stereocenters. The number of oxazole rings is 1. The topological polar surface area (TPSA) is 472 Å². The first-order chi connectivity index (χ1) is 61.2. The first-order valence-corrected chi connectivity index (χ1v) is 44.0. The first-order valence-electron chi connectivity index (χ1n) is 44.0. The molecule has 5 aliphatic heterocycles. The summed E-state index contributed by atoms with van der Waals surface area (Å²) in [6, 6.07) is 4.31. The van der Waals surface area contributed by atoms with Gasteiger partial charge < -0.3 is 89.7 Å². The molecule has 8 N–H and O–H groups in total. The van der Waals surface area contributed by atoms with Crippen molar-refractivity contribution in [2.75, 3.05) is 113 Å². The van der Waals surface area contributed by atoms with E-state index in [1.165, 1.54) is 25.8 Å². The number of nitrogens with zero attached hydrogens (tertiary/aromatic N) is 16. The van der Waals surface area contributed by atoms with Crippen molar-refractivity contribution in [2.45, 2.75) is 206 Å². The lowest BCUT2D eigenvalue weighted by molar-refractivity contribution is -0.245. The van der Waals surface area contributed by atoms with Crippen LogP contribution in [0.2, 0.25) is 0 Å². The van der Waals surface area contributed by atoms with E-state index in [1.54, 1.807) is 81.5 Å². The minimum atomic E-state index is -2.45. The lowest BCUT2D eigenvalue weighted by atomic mass is 9.78. The van der Waals surface area contributed by atoms with E-state index < -0.39 is 96.1 Å². The Bertz CT molecular complexity index is 5150. The number of nitrogens with two attached hydrogens (primary N) is 2. The van der Waals surface area contributed by atoms with Gasteiger partial charge in [-0.2, -0.15) is 10.1 Å². The second-order valence-corrected chi connectivity index (χ2v) is 34.2. The van der Waals surface area contributed by atoms with Gasteiger partial charge >= 0.3 is 12.1 Å². The number of piperazine rings is 2. The third-order valence-corrected chi connectivity index (χ3v) is 25.1. The molecule has 6 aromatic heterocycles. The van der Waals surface area contributed by atoms with Crippen LogP contribution in [0.15, 0.2) is 114 Å². The third-order valence-electron chi connectivity index (χ3n) is 25.1. The van der Waals surface area contributed by atoms with Crippen LogP contribution >= 0.6 is 0 Å². The summed E-state index contributed by atoms with van der Waals surface area (Å²) in [6.45, 7) is 15.9. The van der Waals surface area contributed by atoms with E-state index in [1.807, 2.05) is 78.0 Å². The number of benzene rings is 1. The van der Waals surface area contributed by atoms with Crippen LogP contribution in [0, 0.1) is 29.6 Å². The largest absolute Gasteiger partial charge is 0.460 e. The van der Waals surface area contributed by atoms with Gasteiger partial charge in [0.25, 0.3) is 29.5 Å². The summed E-state index contributed by atoms with van der Waals surface area (Å²) in [5.74, 6) is -6.73. The van der Waals surface area contributed by atoms with Gasteiger partial charge in [0.2, 0.25) is 23.6 Å². The second kappa shape index (κ2) is 42.8. The van der Waals surface area contributed by atoms with Crippen LogP contribution in [0.25, 0.3) is 33.4 Å². The Kier molecular flexibility index (Phi) is 31.3. The zero-order valence-electron chi connectivity index (χ0n) is 73.7. The molecular formula is C90H118N20O17. The Morgan fingerprint density at radius 1 is 0.717 bits per heavy atom. The van der Waals surface area contributed by atoms with Crippen LogP contribution in [-0.2, 0) is 65.5 Å². The molecule has 2 bridgehead atoms. The maximum atomic E-state index is 14.8. The monoisotopic (exact) mass is 1750 g/mol. The van der Waals surface area contributed by atoms with E-state index >= 15 is 0 Å². The van der Waals surface area contributed by atoms with Crippen molar-refractivity contribution in [1.82, 2.24) is 75.1 Å². The maximum absolute atomic E-state index is 14.8. The van der Waals surface area contributed by atoms with Gasteiger partial charge in [0, 0.05) is 179 Å². The van der Waals surface area contributed by atoms with Gasteiger partial charge in [0.05, 0.1) is 34.8 Å². The Morgan fingerprint density at radius 2 is 1.40 bits per heavy atom. The number of piperidine rings is 1. The van der Waals surface area contributed by atoms with E-state index in [2.05, 4.69) is 55.5 Å². The number of cyclic esters (lactones) is 1.